The fraction of sp³-hybridized carbons (Fsp3) is 0.632. The number of likely N-dealkylation sites (tertiary alicyclic amines) is 1. The van der Waals surface area contributed by atoms with Crippen molar-refractivity contribution < 1.29 is 4.79 Å². The molecule has 1 aromatic carbocycles. The van der Waals surface area contributed by atoms with Gasteiger partial charge in [0.15, 0.2) is 0 Å². The van der Waals surface area contributed by atoms with Crippen LogP contribution in [0.3, 0.4) is 0 Å². The van der Waals surface area contributed by atoms with Crippen LogP contribution in [-0.4, -0.2) is 61.5 Å². The SMILES string of the molecule is O=C1CCN(c2ccc(Cl)c(Cl)c2)CCN1CCCN1CCCCC1. The largest absolute Gasteiger partial charge is 0.369 e. The molecule has 2 saturated heterocycles. The lowest BCUT2D eigenvalue weighted by Gasteiger charge is -2.28. The van der Waals surface area contributed by atoms with Gasteiger partial charge in [-0.15, -0.1) is 0 Å². The second-order valence-corrected chi connectivity index (χ2v) is 7.79. The highest BCUT2D eigenvalue weighted by molar-refractivity contribution is 6.42. The first-order valence-electron chi connectivity index (χ1n) is 9.33. The number of rotatable bonds is 5. The fourth-order valence-corrected chi connectivity index (χ4v) is 4.00. The predicted octanol–water partition coefficient (Wildman–Crippen LogP) is 3.91. The molecule has 2 aliphatic rings. The summed E-state index contributed by atoms with van der Waals surface area (Å²) in [5.74, 6) is 0.265. The smallest absolute Gasteiger partial charge is 0.224 e. The Morgan fingerprint density at radius 1 is 0.880 bits per heavy atom. The van der Waals surface area contributed by atoms with Crippen molar-refractivity contribution >= 4 is 34.8 Å². The summed E-state index contributed by atoms with van der Waals surface area (Å²) < 4.78 is 0. The minimum Gasteiger partial charge on any atom is -0.369 e. The predicted molar refractivity (Wildman–Crippen MR) is 105 cm³/mol. The standard InChI is InChI=1S/C19H27Cl2N3O/c20-17-6-5-16(15-18(17)21)23-12-7-19(25)24(14-13-23)11-4-10-22-8-2-1-3-9-22/h5-6,15H,1-4,7-14H2. The molecule has 0 spiro atoms. The Balaban J connectivity index is 1.50. The van der Waals surface area contributed by atoms with Gasteiger partial charge in [0.1, 0.15) is 0 Å². The summed E-state index contributed by atoms with van der Waals surface area (Å²) in [5.41, 5.74) is 1.04. The number of carbonyl (C=O) groups excluding carboxylic acids is 1. The monoisotopic (exact) mass is 383 g/mol. The summed E-state index contributed by atoms with van der Waals surface area (Å²) >= 11 is 12.1. The highest BCUT2D eigenvalue weighted by Crippen LogP contribution is 2.27. The number of hydrogen-bond acceptors (Lipinski definition) is 3. The third-order valence-corrected chi connectivity index (χ3v) is 5.95. The van der Waals surface area contributed by atoms with E-state index in [0.717, 1.165) is 44.8 Å². The van der Waals surface area contributed by atoms with Gasteiger partial charge in [0, 0.05) is 38.3 Å². The van der Waals surface area contributed by atoms with E-state index in [-0.39, 0.29) is 5.91 Å². The average molecular weight is 384 g/mol. The zero-order valence-corrected chi connectivity index (χ0v) is 16.2. The van der Waals surface area contributed by atoms with Gasteiger partial charge in [-0.05, 0) is 57.1 Å². The number of halogens is 2. The van der Waals surface area contributed by atoms with E-state index in [2.05, 4.69) is 9.80 Å². The summed E-state index contributed by atoms with van der Waals surface area (Å²) in [6, 6.07) is 5.69. The third kappa shape index (κ3) is 5.25. The third-order valence-electron chi connectivity index (χ3n) is 5.21. The first-order chi connectivity index (χ1) is 12.1. The van der Waals surface area contributed by atoms with Gasteiger partial charge in [-0.3, -0.25) is 4.79 Å². The topological polar surface area (TPSA) is 26.8 Å². The summed E-state index contributed by atoms with van der Waals surface area (Å²) in [5, 5.41) is 1.13. The Morgan fingerprint density at radius 2 is 1.68 bits per heavy atom. The molecule has 0 atom stereocenters. The van der Waals surface area contributed by atoms with E-state index in [1.165, 1.54) is 32.4 Å². The van der Waals surface area contributed by atoms with Gasteiger partial charge in [-0.25, -0.2) is 0 Å². The lowest BCUT2D eigenvalue weighted by atomic mass is 10.1. The quantitative estimate of drug-likeness (QED) is 0.770. The van der Waals surface area contributed by atoms with Crippen molar-refractivity contribution in [1.29, 1.82) is 0 Å². The molecule has 2 aliphatic heterocycles. The molecule has 2 heterocycles. The summed E-state index contributed by atoms with van der Waals surface area (Å²) in [7, 11) is 0. The van der Waals surface area contributed by atoms with Crippen LogP contribution >= 0.6 is 23.2 Å². The van der Waals surface area contributed by atoms with Crippen molar-refractivity contribution in [2.24, 2.45) is 0 Å². The lowest BCUT2D eigenvalue weighted by molar-refractivity contribution is -0.130. The number of amides is 1. The van der Waals surface area contributed by atoms with Crippen LogP contribution in [0.4, 0.5) is 5.69 Å². The molecule has 6 heteroatoms. The molecule has 0 aliphatic carbocycles. The van der Waals surface area contributed by atoms with Crippen LogP contribution in [0.2, 0.25) is 10.0 Å². The highest BCUT2D eigenvalue weighted by atomic mass is 35.5. The van der Waals surface area contributed by atoms with E-state index in [1.54, 1.807) is 0 Å². The van der Waals surface area contributed by atoms with Gasteiger partial charge < -0.3 is 14.7 Å². The molecule has 0 N–H and O–H groups in total. The number of benzene rings is 1. The molecular formula is C19H27Cl2N3O. The Kier molecular flexibility index (Phi) is 6.85. The van der Waals surface area contributed by atoms with Crippen LogP contribution in [0, 0.1) is 0 Å². The Morgan fingerprint density at radius 3 is 2.44 bits per heavy atom. The molecular weight excluding hydrogens is 357 g/mol. The molecule has 0 unspecified atom stereocenters. The van der Waals surface area contributed by atoms with Gasteiger partial charge in [0.2, 0.25) is 5.91 Å². The zero-order chi connectivity index (χ0) is 17.6. The minimum atomic E-state index is 0.265. The van der Waals surface area contributed by atoms with Crippen molar-refractivity contribution in [3.05, 3.63) is 28.2 Å². The van der Waals surface area contributed by atoms with E-state index < -0.39 is 0 Å². The highest BCUT2D eigenvalue weighted by Gasteiger charge is 2.21. The van der Waals surface area contributed by atoms with Gasteiger partial charge >= 0.3 is 0 Å². The average Bonchev–Trinajstić information content (AvgIpc) is 2.81. The molecule has 1 aromatic rings. The Labute approximate surface area is 160 Å². The van der Waals surface area contributed by atoms with Gasteiger partial charge in [-0.1, -0.05) is 29.6 Å². The van der Waals surface area contributed by atoms with Crippen LogP contribution in [-0.2, 0) is 4.79 Å². The maximum atomic E-state index is 12.4. The van der Waals surface area contributed by atoms with Gasteiger partial charge in [-0.2, -0.15) is 0 Å². The van der Waals surface area contributed by atoms with E-state index in [9.17, 15) is 4.79 Å². The first kappa shape index (κ1) is 18.8. The normalized spacial score (nSPS) is 20.0. The van der Waals surface area contributed by atoms with Crippen molar-refractivity contribution in [2.75, 3.05) is 50.7 Å². The second-order valence-electron chi connectivity index (χ2n) is 6.97. The number of nitrogens with zero attached hydrogens (tertiary/aromatic N) is 3. The molecule has 0 saturated carbocycles. The molecule has 0 radical (unpaired) electrons. The Hall–Kier alpha value is -0.970. The first-order valence-corrected chi connectivity index (χ1v) is 10.1. The molecule has 1 amide bonds. The van der Waals surface area contributed by atoms with E-state index in [0.29, 0.717) is 16.5 Å². The van der Waals surface area contributed by atoms with E-state index in [1.807, 2.05) is 23.1 Å². The summed E-state index contributed by atoms with van der Waals surface area (Å²) in [6.07, 6.45) is 5.64. The maximum Gasteiger partial charge on any atom is 0.224 e. The molecule has 25 heavy (non-hydrogen) atoms. The van der Waals surface area contributed by atoms with Crippen molar-refractivity contribution in [2.45, 2.75) is 32.1 Å². The van der Waals surface area contributed by atoms with Crippen LogP contribution in [0.1, 0.15) is 32.1 Å². The van der Waals surface area contributed by atoms with E-state index in [4.69, 9.17) is 23.2 Å². The summed E-state index contributed by atoms with van der Waals surface area (Å²) in [4.78, 5) is 19.2. The summed E-state index contributed by atoms with van der Waals surface area (Å²) in [6.45, 7) is 6.77. The second kappa shape index (κ2) is 9.11. The fourth-order valence-electron chi connectivity index (χ4n) is 3.71. The van der Waals surface area contributed by atoms with Crippen molar-refractivity contribution in [1.82, 2.24) is 9.80 Å². The minimum absolute atomic E-state index is 0.265. The van der Waals surface area contributed by atoms with E-state index >= 15 is 0 Å². The zero-order valence-electron chi connectivity index (χ0n) is 14.7. The number of anilines is 1. The molecule has 0 bridgehead atoms. The molecule has 4 nitrogen and oxygen atoms in total. The van der Waals surface area contributed by atoms with Crippen LogP contribution in [0.25, 0.3) is 0 Å². The number of hydrogen-bond donors (Lipinski definition) is 0. The van der Waals surface area contributed by atoms with Crippen LogP contribution in [0.15, 0.2) is 18.2 Å². The number of piperidine rings is 1. The molecule has 3 rings (SSSR count). The van der Waals surface area contributed by atoms with Crippen LogP contribution < -0.4 is 4.90 Å². The van der Waals surface area contributed by atoms with Crippen molar-refractivity contribution in [3.8, 4) is 0 Å². The van der Waals surface area contributed by atoms with Crippen LogP contribution in [0.5, 0.6) is 0 Å². The molecule has 2 fully saturated rings. The molecule has 0 aromatic heterocycles. The lowest BCUT2D eigenvalue weighted by Crippen LogP contribution is -2.37. The van der Waals surface area contributed by atoms with Gasteiger partial charge in [0.05, 0.1) is 10.0 Å². The Bertz CT molecular complexity index is 590. The molecule has 138 valence electrons. The number of carbonyl (C=O) groups is 1. The maximum absolute atomic E-state index is 12.4. The van der Waals surface area contributed by atoms with Gasteiger partial charge in [0.25, 0.3) is 0 Å². The van der Waals surface area contributed by atoms with Crippen molar-refractivity contribution in [3.63, 3.8) is 0 Å².